The van der Waals surface area contributed by atoms with Gasteiger partial charge >= 0.3 is 0 Å². The average Bonchev–Trinajstić information content (AvgIpc) is 2.27. The Labute approximate surface area is 127 Å². The van der Waals surface area contributed by atoms with Crippen LogP contribution in [0.3, 0.4) is 0 Å². The standard InChI is InChI=1S/C14H26O3S2/c1-10(2)5-7-16-13(18)9-12(15)14(19)17-8-6-11(3)4/h10-12,15H,5-9H2,1-4H3. The van der Waals surface area contributed by atoms with Gasteiger partial charge in [-0.3, -0.25) is 0 Å². The molecule has 1 atom stereocenters. The first-order valence-electron chi connectivity index (χ1n) is 6.83. The highest BCUT2D eigenvalue weighted by atomic mass is 32.1. The first kappa shape index (κ1) is 18.7. The molecule has 0 saturated heterocycles. The molecule has 0 spiro atoms. The monoisotopic (exact) mass is 306 g/mol. The van der Waals surface area contributed by atoms with Gasteiger partial charge in [0.2, 0.25) is 0 Å². The van der Waals surface area contributed by atoms with E-state index in [4.69, 9.17) is 33.9 Å². The van der Waals surface area contributed by atoms with Crippen molar-refractivity contribution >= 4 is 34.5 Å². The first-order valence-corrected chi connectivity index (χ1v) is 7.64. The molecule has 1 unspecified atom stereocenters. The van der Waals surface area contributed by atoms with Crippen molar-refractivity contribution in [2.75, 3.05) is 13.2 Å². The Morgan fingerprint density at radius 3 is 1.89 bits per heavy atom. The van der Waals surface area contributed by atoms with Crippen LogP contribution in [0.2, 0.25) is 0 Å². The molecule has 5 heteroatoms. The van der Waals surface area contributed by atoms with E-state index in [0.717, 1.165) is 12.8 Å². The third-order valence-corrected chi connectivity index (χ3v) is 3.20. The van der Waals surface area contributed by atoms with E-state index < -0.39 is 6.10 Å². The van der Waals surface area contributed by atoms with Gasteiger partial charge in [-0.05, 0) is 49.1 Å². The van der Waals surface area contributed by atoms with Crippen molar-refractivity contribution < 1.29 is 14.6 Å². The van der Waals surface area contributed by atoms with Crippen molar-refractivity contribution in [1.82, 2.24) is 0 Å². The molecule has 0 aromatic rings. The molecule has 0 aliphatic carbocycles. The number of thiocarbonyl (C=S) groups is 2. The zero-order valence-electron chi connectivity index (χ0n) is 12.3. The van der Waals surface area contributed by atoms with Crippen molar-refractivity contribution in [3.63, 3.8) is 0 Å². The third kappa shape index (κ3) is 11.3. The van der Waals surface area contributed by atoms with Crippen LogP contribution in [0, 0.1) is 11.8 Å². The molecule has 1 N–H and O–H groups in total. The second kappa shape index (κ2) is 10.5. The molecule has 3 nitrogen and oxygen atoms in total. The van der Waals surface area contributed by atoms with Crippen LogP contribution < -0.4 is 0 Å². The van der Waals surface area contributed by atoms with Gasteiger partial charge in [0.1, 0.15) is 6.10 Å². The number of hydrogen-bond acceptors (Lipinski definition) is 5. The van der Waals surface area contributed by atoms with E-state index >= 15 is 0 Å². The Morgan fingerprint density at radius 1 is 0.947 bits per heavy atom. The normalized spacial score (nSPS) is 12.6. The van der Waals surface area contributed by atoms with Crippen LogP contribution in [0.25, 0.3) is 0 Å². The molecule has 0 saturated carbocycles. The summed E-state index contributed by atoms with van der Waals surface area (Å²) in [7, 11) is 0. The quantitative estimate of drug-likeness (QED) is 0.660. The molecule has 0 fully saturated rings. The molecule has 0 radical (unpaired) electrons. The molecular weight excluding hydrogens is 280 g/mol. The maximum Gasteiger partial charge on any atom is 0.189 e. The molecular formula is C14H26O3S2. The second-order valence-electron chi connectivity index (χ2n) is 5.47. The number of aliphatic hydroxyl groups excluding tert-OH is 1. The highest BCUT2D eigenvalue weighted by Crippen LogP contribution is 2.06. The highest BCUT2D eigenvalue weighted by molar-refractivity contribution is 7.80. The largest absolute Gasteiger partial charge is 0.487 e. The summed E-state index contributed by atoms with van der Waals surface area (Å²) in [5, 5.41) is 10.4. The van der Waals surface area contributed by atoms with E-state index in [1.54, 1.807) is 0 Å². The zero-order valence-corrected chi connectivity index (χ0v) is 14.0. The minimum Gasteiger partial charge on any atom is -0.487 e. The Balaban J connectivity index is 3.78. The van der Waals surface area contributed by atoms with Gasteiger partial charge in [0.25, 0.3) is 0 Å². The van der Waals surface area contributed by atoms with Gasteiger partial charge in [-0.1, -0.05) is 27.7 Å². The van der Waals surface area contributed by atoms with Gasteiger partial charge in [-0.25, -0.2) is 0 Å². The molecule has 0 amide bonds. The predicted octanol–water partition coefficient (Wildman–Crippen LogP) is 3.52. The van der Waals surface area contributed by atoms with Crippen LogP contribution in [-0.2, 0) is 9.47 Å². The molecule has 19 heavy (non-hydrogen) atoms. The fraction of sp³-hybridized carbons (Fsp3) is 0.857. The number of rotatable bonds is 9. The summed E-state index contributed by atoms with van der Waals surface area (Å²) in [5.74, 6) is 1.13. The lowest BCUT2D eigenvalue weighted by atomic mass is 10.1. The van der Waals surface area contributed by atoms with Crippen LogP contribution in [0.15, 0.2) is 0 Å². The Hall–Kier alpha value is -0.260. The van der Waals surface area contributed by atoms with E-state index in [0.29, 0.717) is 30.1 Å². The molecule has 0 aliphatic rings. The minimum atomic E-state index is -0.853. The van der Waals surface area contributed by atoms with Gasteiger partial charge in [0.15, 0.2) is 10.1 Å². The van der Waals surface area contributed by atoms with Crippen LogP contribution in [0.1, 0.15) is 47.0 Å². The summed E-state index contributed by atoms with van der Waals surface area (Å²) >= 11 is 10.1. The Kier molecular flexibility index (Phi) is 10.4. The van der Waals surface area contributed by atoms with Crippen LogP contribution in [0.4, 0.5) is 0 Å². The zero-order chi connectivity index (χ0) is 14.8. The van der Waals surface area contributed by atoms with Crippen LogP contribution in [0.5, 0.6) is 0 Å². The summed E-state index contributed by atoms with van der Waals surface area (Å²) in [6, 6.07) is 0. The van der Waals surface area contributed by atoms with Gasteiger partial charge in [-0.2, -0.15) is 0 Å². The van der Waals surface area contributed by atoms with Crippen molar-refractivity contribution in [2.24, 2.45) is 11.8 Å². The van der Waals surface area contributed by atoms with Crippen LogP contribution >= 0.6 is 24.4 Å². The highest BCUT2D eigenvalue weighted by Gasteiger charge is 2.15. The second-order valence-corrected chi connectivity index (χ2v) is 6.33. The van der Waals surface area contributed by atoms with Gasteiger partial charge in [0.05, 0.1) is 19.6 Å². The molecule has 0 aliphatic heterocycles. The fourth-order valence-electron chi connectivity index (χ4n) is 1.20. The minimum absolute atomic E-state index is 0.204. The lowest BCUT2D eigenvalue weighted by Crippen LogP contribution is -2.25. The van der Waals surface area contributed by atoms with Crippen molar-refractivity contribution in [2.45, 2.75) is 53.1 Å². The van der Waals surface area contributed by atoms with E-state index in [1.165, 1.54) is 0 Å². The SMILES string of the molecule is CC(C)CCOC(=S)CC(O)C(=S)OCCC(C)C. The van der Waals surface area contributed by atoms with E-state index in [-0.39, 0.29) is 11.5 Å². The summed E-state index contributed by atoms with van der Waals surface area (Å²) in [4.78, 5) is 0. The first-order chi connectivity index (χ1) is 8.82. The van der Waals surface area contributed by atoms with Crippen molar-refractivity contribution in [3.05, 3.63) is 0 Å². The maximum absolute atomic E-state index is 9.83. The molecule has 112 valence electrons. The van der Waals surface area contributed by atoms with E-state index in [2.05, 4.69) is 27.7 Å². The topological polar surface area (TPSA) is 38.7 Å². The third-order valence-electron chi connectivity index (χ3n) is 2.53. The lowest BCUT2D eigenvalue weighted by Gasteiger charge is -2.15. The van der Waals surface area contributed by atoms with Crippen molar-refractivity contribution in [1.29, 1.82) is 0 Å². The van der Waals surface area contributed by atoms with Gasteiger partial charge in [0, 0.05) is 0 Å². The molecule has 0 aromatic heterocycles. The van der Waals surface area contributed by atoms with Gasteiger partial charge < -0.3 is 14.6 Å². The maximum atomic E-state index is 9.83. The number of ether oxygens (including phenoxy) is 2. The van der Waals surface area contributed by atoms with Crippen LogP contribution in [-0.4, -0.2) is 34.5 Å². The van der Waals surface area contributed by atoms with Gasteiger partial charge in [-0.15, -0.1) is 0 Å². The van der Waals surface area contributed by atoms with Crippen molar-refractivity contribution in [3.8, 4) is 0 Å². The molecule has 0 rings (SSSR count). The summed E-state index contributed by atoms with van der Waals surface area (Å²) < 4.78 is 10.7. The molecule has 0 aromatic carbocycles. The Morgan fingerprint density at radius 2 is 1.42 bits per heavy atom. The summed E-state index contributed by atoms with van der Waals surface area (Å²) in [6.45, 7) is 9.59. The molecule has 0 heterocycles. The number of aliphatic hydroxyl groups is 1. The predicted molar refractivity (Wildman–Crippen MR) is 86.6 cm³/mol. The fourth-order valence-corrected chi connectivity index (χ4v) is 1.61. The summed E-state index contributed by atoms with van der Waals surface area (Å²) in [5.41, 5.74) is 0. The smallest absolute Gasteiger partial charge is 0.189 e. The number of hydrogen-bond donors (Lipinski definition) is 1. The Bertz CT molecular complexity index is 278. The summed E-state index contributed by atoms with van der Waals surface area (Å²) in [6.07, 6.45) is 1.25. The van der Waals surface area contributed by atoms with E-state index in [9.17, 15) is 5.11 Å². The molecule has 0 bridgehead atoms. The van der Waals surface area contributed by atoms with E-state index in [1.807, 2.05) is 0 Å². The average molecular weight is 306 g/mol. The lowest BCUT2D eigenvalue weighted by molar-refractivity contribution is 0.182.